The number of hydrogen-bond donors (Lipinski definition) is 0. The van der Waals surface area contributed by atoms with Gasteiger partial charge in [0.2, 0.25) is 0 Å². The van der Waals surface area contributed by atoms with Crippen molar-refractivity contribution in [2.75, 3.05) is 0 Å². The summed E-state index contributed by atoms with van der Waals surface area (Å²) >= 11 is 1.76. The molecule has 0 atom stereocenters. The van der Waals surface area contributed by atoms with Crippen LogP contribution in [0.5, 0.6) is 0 Å². The molecule has 1 aromatic heterocycles. The molecule has 0 aliphatic heterocycles. The highest BCUT2D eigenvalue weighted by atomic mass is 32.1. The highest BCUT2D eigenvalue weighted by Gasteiger charge is 2.20. The van der Waals surface area contributed by atoms with Gasteiger partial charge in [-0.1, -0.05) is 25.0 Å². The smallest absolute Gasteiger partial charge is 0.0991 e. The van der Waals surface area contributed by atoms with Crippen LogP contribution in [0.15, 0.2) is 29.6 Å². The third-order valence-corrected chi connectivity index (χ3v) is 4.52. The quantitative estimate of drug-likeness (QED) is 0.799. The normalized spacial score (nSPS) is 15.7. The zero-order chi connectivity index (χ0) is 12.4. The van der Waals surface area contributed by atoms with Crippen LogP contribution in [0.1, 0.15) is 42.2 Å². The lowest BCUT2D eigenvalue weighted by molar-refractivity contribution is 0.717. The second kappa shape index (κ2) is 4.91. The van der Waals surface area contributed by atoms with E-state index in [-0.39, 0.29) is 0 Å². The van der Waals surface area contributed by atoms with Crippen LogP contribution in [-0.4, -0.2) is 4.98 Å². The molecule has 0 N–H and O–H groups in total. The number of thiazole rings is 1. The minimum Gasteiger partial charge on any atom is -0.241 e. The fourth-order valence-electron chi connectivity index (χ4n) is 2.53. The Morgan fingerprint density at radius 2 is 2.11 bits per heavy atom. The molecule has 90 valence electrons. The van der Waals surface area contributed by atoms with E-state index in [1.807, 2.05) is 24.3 Å². The Labute approximate surface area is 111 Å². The first-order valence-electron chi connectivity index (χ1n) is 6.33. The Morgan fingerprint density at radius 1 is 1.28 bits per heavy atom. The van der Waals surface area contributed by atoms with Crippen molar-refractivity contribution in [1.82, 2.24) is 4.98 Å². The molecule has 0 spiro atoms. The molecule has 0 unspecified atom stereocenters. The van der Waals surface area contributed by atoms with Crippen molar-refractivity contribution < 1.29 is 0 Å². The summed E-state index contributed by atoms with van der Waals surface area (Å²) in [7, 11) is 0. The van der Waals surface area contributed by atoms with Crippen molar-refractivity contribution in [3.8, 4) is 17.3 Å². The minimum atomic E-state index is 0.669. The molecule has 18 heavy (non-hydrogen) atoms. The zero-order valence-corrected chi connectivity index (χ0v) is 10.9. The van der Waals surface area contributed by atoms with E-state index in [1.165, 1.54) is 30.7 Å². The van der Waals surface area contributed by atoms with Gasteiger partial charge in [-0.2, -0.15) is 5.26 Å². The molecule has 1 fully saturated rings. The van der Waals surface area contributed by atoms with Crippen LogP contribution in [0, 0.1) is 11.3 Å². The Hall–Kier alpha value is -1.66. The van der Waals surface area contributed by atoms with Gasteiger partial charge in [-0.3, -0.25) is 0 Å². The van der Waals surface area contributed by atoms with Gasteiger partial charge in [0.25, 0.3) is 0 Å². The monoisotopic (exact) mass is 254 g/mol. The number of benzene rings is 1. The van der Waals surface area contributed by atoms with E-state index in [2.05, 4.69) is 11.4 Å². The number of hydrogen-bond acceptors (Lipinski definition) is 3. The van der Waals surface area contributed by atoms with E-state index in [4.69, 9.17) is 10.2 Å². The molecule has 1 aromatic carbocycles. The second-order valence-corrected chi connectivity index (χ2v) is 5.63. The largest absolute Gasteiger partial charge is 0.241 e. The molecule has 1 aliphatic rings. The lowest BCUT2D eigenvalue weighted by Crippen LogP contribution is -1.90. The highest BCUT2D eigenvalue weighted by molar-refractivity contribution is 7.10. The molecule has 1 aliphatic carbocycles. The number of aromatic nitrogens is 1. The predicted octanol–water partition coefficient (Wildman–Crippen LogP) is 4.34. The molecular weight excluding hydrogens is 240 g/mol. The molecule has 1 heterocycles. The lowest BCUT2D eigenvalue weighted by atomic mass is 10.1. The Balaban J connectivity index is 1.90. The van der Waals surface area contributed by atoms with Crippen LogP contribution < -0.4 is 0 Å². The maximum Gasteiger partial charge on any atom is 0.0991 e. The average Bonchev–Trinajstić information content (AvgIpc) is 3.09. The summed E-state index contributed by atoms with van der Waals surface area (Å²) in [4.78, 5) is 4.75. The third-order valence-electron chi connectivity index (χ3n) is 3.51. The fourth-order valence-corrected chi connectivity index (χ4v) is 3.53. The van der Waals surface area contributed by atoms with E-state index in [1.54, 1.807) is 11.3 Å². The molecule has 0 radical (unpaired) electrons. The number of nitrogens with zero attached hydrogens (tertiary/aromatic N) is 2. The standard InChI is InChI=1S/C15H14N2S/c16-9-11-4-3-7-13(8-11)14-10-18-15(17-14)12-5-1-2-6-12/h3-4,7-8,10,12H,1-2,5-6H2. The van der Waals surface area contributed by atoms with E-state index >= 15 is 0 Å². The van der Waals surface area contributed by atoms with Crippen LogP contribution >= 0.6 is 11.3 Å². The zero-order valence-electron chi connectivity index (χ0n) is 10.1. The van der Waals surface area contributed by atoms with Crippen LogP contribution in [0.2, 0.25) is 0 Å². The summed E-state index contributed by atoms with van der Waals surface area (Å²) < 4.78 is 0. The summed E-state index contributed by atoms with van der Waals surface area (Å²) in [6.07, 6.45) is 5.24. The van der Waals surface area contributed by atoms with Crippen molar-refractivity contribution in [3.63, 3.8) is 0 Å². The fraction of sp³-hybridized carbons (Fsp3) is 0.333. The van der Waals surface area contributed by atoms with Crippen LogP contribution in [0.4, 0.5) is 0 Å². The first kappa shape index (κ1) is 11.4. The van der Waals surface area contributed by atoms with Gasteiger partial charge in [0.1, 0.15) is 0 Å². The van der Waals surface area contributed by atoms with Gasteiger partial charge in [-0.15, -0.1) is 11.3 Å². The van der Waals surface area contributed by atoms with Gasteiger partial charge >= 0.3 is 0 Å². The topological polar surface area (TPSA) is 36.7 Å². The van der Waals surface area contributed by atoms with Gasteiger partial charge < -0.3 is 0 Å². The molecular formula is C15H14N2S. The molecule has 2 nitrogen and oxygen atoms in total. The van der Waals surface area contributed by atoms with E-state index < -0.39 is 0 Å². The Kier molecular flexibility index (Phi) is 3.12. The van der Waals surface area contributed by atoms with Gasteiger partial charge in [0, 0.05) is 16.9 Å². The summed E-state index contributed by atoms with van der Waals surface area (Å²) in [5, 5.41) is 12.3. The van der Waals surface area contributed by atoms with Crippen molar-refractivity contribution in [3.05, 3.63) is 40.2 Å². The van der Waals surface area contributed by atoms with Gasteiger partial charge in [-0.25, -0.2) is 4.98 Å². The van der Waals surface area contributed by atoms with Crippen molar-refractivity contribution in [1.29, 1.82) is 5.26 Å². The highest BCUT2D eigenvalue weighted by Crippen LogP contribution is 2.37. The van der Waals surface area contributed by atoms with Crippen molar-refractivity contribution in [2.24, 2.45) is 0 Å². The first-order chi connectivity index (χ1) is 8.86. The Morgan fingerprint density at radius 3 is 2.89 bits per heavy atom. The average molecular weight is 254 g/mol. The van der Waals surface area contributed by atoms with Crippen LogP contribution in [0.25, 0.3) is 11.3 Å². The minimum absolute atomic E-state index is 0.669. The molecule has 1 saturated carbocycles. The lowest BCUT2D eigenvalue weighted by Gasteiger charge is -2.02. The molecule has 0 saturated heterocycles. The SMILES string of the molecule is N#Cc1cccc(-c2csc(C3CCCC3)n2)c1. The Bertz CT molecular complexity index is 589. The third kappa shape index (κ3) is 2.16. The van der Waals surface area contributed by atoms with Crippen LogP contribution in [-0.2, 0) is 0 Å². The number of rotatable bonds is 2. The van der Waals surface area contributed by atoms with E-state index in [0.29, 0.717) is 11.5 Å². The van der Waals surface area contributed by atoms with E-state index in [0.717, 1.165) is 11.3 Å². The maximum absolute atomic E-state index is 8.92. The van der Waals surface area contributed by atoms with Gasteiger partial charge in [0.05, 0.1) is 22.3 Å². The summed E-state index contributed by atoms with van der Waals surface area (Å²) in [5.41, 5.74) is 2.76. The first-order valence-corrected chi connectivity index (χ1v) is 7.21. The number of nitriles is 1. The maximum atomic E-state index is 8.92. The van der Waals surface area contributed by atoms with Crippen molar-refractivity contribution in [2.45, 2.75) is 31.6 Å². The molecule has 3 heteroatoms. The van der Waals surface area contributed by atoms with Crippen LogP contribution in [0.3, 0.4) is 0 Å². The van der Waals surface area contributed by atoms with Crippen molar-refractivity contribution >= 4 is 11.3 Å². The van der Waals surface area contributed by atoms with E-state index in [9.17, 15) is 0 Å². The molecule has 2 aromatic rings. The molecule has 0 bridgehead atoms. The summed E-state index contributed by atoms with van der Waals surface area (Å²) in [5.74, 6) is 0.669. The second-order valence-electron chi connectivity index (χ2n) is 4.74. The van der Waals surface area contributed by atoms with Gasteiger partial charge in [-0.05, 0) is 25.0 Å². The molecule has 3 rings (SSSR count). The summed E-state index contributed by atoms with van der Waals surface area (Å²) in [6, 6.07) is 9.85. The predicted molar refractivity (Wildman–Crippen MR) is 73.5 cm³/mol. The summed E-state index contributed by atoms with van der Waals surface area (Å²) in [6.45, 7) is 0. The van der Waals surface area contributed by atoms with Gasteiger partial charge in [0.15, 0.2) is 0 Å². The molecule has 0 amide bonds.